The molecule has 3 heteroatoms. The van der Waals surface area contributed by atoms with Gasteiger partial charge in [-0.05, 0) is 25.8 Å². The van der Waals surface area contributed by atoms with E-state index >= 15 is 0 Å². The number of nitrogens with zero attached hydrogens (tertiary/aromatic N) is 2. The van der Waals surface area contributed by atoms with Gasteiger partial charge in [0, 0.05) is 19.5 Å². The maximum Gasteiger partial charge on any atom is 0.103 e. The smallest absolute Gasteiger partial charge is 0.103 e. The van der Waals surface area contributed by atoms with E-state index in [9.17, 15) is 4.39 Å². The first kappa shape index (κ1) is 9.47. The van der Waals surface area contributed by atoms with E-state index in [-0.39, 0.29) is 0 Å². The van der Waals surface area contributed by atoms with Gasteiger partial charge in [0.05, 0.1) is 6.07 Å². The van der Waals surface area contributed by atoms with Gasteiger partial charge in [-0.3, -0.25) is 0 Å². The second-order valence-electron chi connectivity index (χ2n) is 3.28. The minimum Gasteiger partial charge on any atom is -0.303 e. The molecule has 0 bridgehead atoms. The van der Waals surface area contributed by atoms with Crippen LogP contribution in [0.5, 0.6) is 0 Å². The van der Waals surface area contributed by atoms with E-state index in [1.165, 1.54) is 0 Å². The molecule has 0 spiro atoms. The lowest BCUT2D eigenvalue weighted by Crippen LogP contribution is -2.34. The van der Waals surface area contributed by atoms with Gasteiger partial charge >= 0.3 is 0 Å². The first-order valence-electron chi connectivity index (χ1n) is 4.56. The third-order valence-corrected chi connectivity index (χ3v) is 2.28. The molecule has 1 aliphatic heterocycles. The lowest BCUT2D eigenvalue weighted by molar-refractivity contribution is 0.150. The number of nitriles is 1. The topological polar surface area (TPSA) is 27.0 Å². The van der Waals surface area contributed by atoms with Crippen molar-refractivity contribution < 1.29 is 4.39 Å². The van der Waals surface area contributed by atoms with Gasteiger partial charge in [-0.15, -0.1) is 0 Å². The van der Waals surface area contributed by atoms with E-state index in [0.29, 0.717) is 19.3 Å². The van der Waals surface area contributed by atoms with Gasteiger partial charge in [-0.1, -0.05) is 0 Å². The monoisotopic (exact) mass is 170 g/mol. The Bertz CT molecular complexity index is 156. The second kappa shape index (κ2) is 5.10. The van der Waals surface area contributed by atoms with Crippen LogP contribution in [0.15, 0.2) is 0 Å². The fourth-order valence-corrected chi connectivity index (χ4v) is 1.51. The molecule has 1 saturated heterocycles. The fraction of sp³-hybridized carbons (Fsp3) is 0.889. The molecule has 0 aromatic rings. The number of unbranched alkanes of at least 4 members (excludes halogenated alkanes) is 1. The Balaban J connectivity index is 2.06. The Morgan fingerprint density at radius 1 is 1.42 bits per heavy atom. The summed E-state index contributed by atoms with van der Waals surface area (Å²) in [6.07, 6.45) is 2.31. The van der Waals surface area contributed by atoms with E-state index in [4.69, 9.17) is 5.26 Å². The molecule has 0 aromatic carbocycles. The summed E-state index contributed by atoms with van der Waals surface area (Å²) in [4.78, 5) is 2.24. The SMILES string of the molecule is N#CCCCN1CCC(F)CC1. The van der Waals surface area contributed by atoms with E-state index < -0.39 is 6.17 Å². The minimum atomic E-state index is -0.586. The quantitative estimate of drug-likeness (QED) is 0.603. The van der Waals surface area contributed by atoms with Crippen LogP contribution < -0.4 is 0 Å². The molecule has 0 aliphatic carbocycles. The van der Waals surface area contributed by atoms with Crippen LogP contribution in [0.2, 0.25) is 0 Å². The van der Waals surface area contributed by atoms with E-state index in [1.54, 1.807) is 0 Å². The number of hydrogen-bond acceptors (Lipinski definition) is 2. The third kappa shape index (κ3) is 3.19. The molecule has 0 N–H and O–H groups in total. The number of rotatable bonds is 3. The van der Waals surface area contributed by atoms with Crippen molar-refractivity contribution in [2.24, 2.45) is 0 Å². The standard InChI is InChI=1S/C9H15FN2/c10-9-3-7-12(8-4-9)6-2-1-5-11/h9H,1-4,6-8H2. The number of hydrogen-bond donors (Lipinski definition) is 0. The molecule has 12 heavy (non-hydrogen) atoms. The molecule has 0 aromatic heterocycles. The molecule has 2 nitrogen and oxygen atoms in total. The average molecular weight is 170 g/mol. The largest absolute Gasteiger partial charge is 0.303 e. The van der Waals surface area contributed by atoms with Crippen molar-refractivity contribution in [2.45, 2.75) is 31.9 Å². The van der Waals surface area contributed by atoms with Crippen LogP contribution in [-0.4, -0.2) is 30.7 Å². The first-order chi connectivity index (χ1) is 5.83. The zero-order chi connectivity index (χ0) is 8.81. The van der Waals surface area contributed by atoms with Gasteiger partial charge < -0.3 is 4.90 Å². The van der Waals surface area contributed by atoms with E-state index in [0.717, 1.165) is 26.1 Å². The van der Waals surface area contributed by atoms with Crippen molar-refractivity contribution in [3.8, 4) is 6.07 Å². The lowest BCUT2D eigenvalue weighted by Gasteiger charge is -2.27. The number of halogens is 1. The Morgan fingerprint density at radius 2 is 2.08 bits per heavy atom. The summed E-state index contributed by atoms with van der Waals surface area (Å²) < 4.78 is 12.7. The highest BCUT2D eigenvalue weighted by Crippen LogP contribution is 2.13. The maximum absolute atomic E-state index is 12.7. The molecule has 0 unspecified atom stereocenters. The van der Waals surface area contributed by atoms with Crippen molar-refractivity contribution >= 4 is 0 Å². The van der Waals surface area contributed by atoms with Crippen molar-refractivity contribution in [3.05, 3.63) is 0 Å². The average Bonchev–Trinajstić information content (AvgIpc) is 2.09. The van der Waals surface area contributed by atoms with Crippen LogP contribution >= 0.6 is 0 Å². The number of alkyl halides is 1. The van der Waals surface area contributed by atoms with Crippen LogP contribution in [-0.2, 0) is 0 Å². The first-order valence-corrected chi connectivity index (χ1v) is 4.56. The molecule has 0 radical (unpaired) electrons. The van der Waals surface area contributed by atoms with Crippen LogP contribution in [0.3, 0.4) is 0 Å². The molecular formula is C9H15FN2. The lowest BCUT2D eigenvalue weighted by atomic mass is 10.1. The molecule has 1 fully saturated rings. The van der Waals surface area contributed by atoms with Gasteiger partial charge in [0.15, 0.2) is 0 Å². The van der Waals surface area contributed by atoms with Crippen LogP contribution in [0, 0.1) is 11.3 Å². The predicted octanol–water partition coefficient (Wildman–Crippen LogP) is 1.72. The predicted molar refractivity (Wildman–Crippen MR) is 45.4 cm³/mol. The summed E-state index contributed by atoms with van der Waals surface area (Å²) in [6, 6.07) is 2.12. The summed E-state index contributed by atoms with van der Waals surface area (Å²) >= 11 is 0. The highest BCUT2D eigenvalue weighted by Gasteiger charge is 2.17. The van der Waals surface area contributed by atoms with Crippen LogP contribution in [0.4, 0.5) is 4.39 Å². The summed E-state index contributed by atoms with van der Waals surface area (Å²) in [5.74, 6) is 0. The van der Waals surface area contributed by atoms with Crippen molar-refractivity contribution in [1.29, 1.82) is 5.26 Å². The minimum absolute atomic E-state index is 0.586. The van der Waals surface area contributed by atoms with Crippen molar-refractivity contribution in [3.63, 3.8) is 0 Å². The zero-order valence-electron chi connectivity index (χ0n) is 7.30. The van der Waals surface area contributed by atoms with Crippen LogP contribution in [0.25, 0.3) is 0 Å². The molecule has 1 aliphatic rings. The van der Waals surface area contributed by atoms with Crippen molar-refractivity contribution in [1.82, 2.24) is 4.90 Å². The van der Waals surface area contributed by atoms with E-state index in [2.05, 4.69) is 11.0 Å². The number of likely N-dealkylation sites (tertiary alicyclic amines) is 1. The molecular weight excluding hydrogens is 155 g/mol. The third-order valence-electron chi connectivity index (χ3n) is 2.28. The van der Waals surface area contributed by atoms with Crippen LogP contribution in [0.1, 0.15) is 25.7 Å². The Hall–Kier alpha value is -0.620. The summed E-state index contributed by atoms with van der Waals surface area (Å²) in [7, 11) is 0. The highest BCUT2D eigenvalue weighted by molar-refractivity contribution is 4.74. The highest BCUT2D eigenvalue weighted by atomic mass is 19.1. The molecule has 1 rings (SSSR count). The Labute approximate surface area is 73.0 Å². The molecule has 68 valence electrons. The molecule has 0 atom stereocenters. The van der Waals surface area contributed by atoms with Gasteiger partial charge in [-0.25, -0.2) is 4.39 Å². The number of piperidine rings is 1. The summed E-state index contributed by atoms with van der Waals surface area (Å²) in [5.41, 5.74) is 0. The van der Waals surface area contributed by atoms with Gasteiger partial charge in [0.25, 0.3) is 0 Å². The maximum atomic E-state index is 12.7. The second-order valence-corrected chi connectivity index (χ2v) is 3.28. The van der Waals surface area contributed by atoms with Gasteiger partial charge in [-0.2, -0.15) is 5.26 Å². The van der Waals surface area contributed by atoms with Gasteiger partial charge in [0.2, 0.25) is 0 Å². The Morgan fingerprint density at radius 3 is 2.67 bits per heavy atom. The molecule has 0 saturated carbocycles. The molecule has 1 heterocycles. The fourth-order valence-electron chi connectivity index (χ4n) is 1.51. The molecule has 0 amide bonds. The zero-order valence-corrected chi connectivity index (χ0v) is 7.30. The normalized spacial score (nSPS) is 20.7. The van der Waals surface area contributed by atoms with Crippen molar-refractivity contribution in [2.75, 3.05) is 19.6 Å². The van der Waals surface area contributed by atoms with Gasteiger partial charge in [0.1, 0.15) is 6.17 Å². The van der Waals surface area contributed by atoms with E-state index in [1.807, 2.05) is 0 Å². The Kier molecular flexibility index (Phi) is 4.02. The summed E-state index contributed by atoms with van der Waals surface area (Å²) in [6.45, 7) is 2.69. The summed E-state index contributed by atoms with van der Waals surface area (Å²) in [5, 5.41) is 8.31.